The minimum absolute atomic E-state index is 0.0733. The number of nitrogens with zero attached hydrogens (tertiary/aromatic N) is 1. The highest BCUT2D eigenvalue weighted by Crippen LogP contribution is 2.24. The van der Waals surface area contributed by atoms with Gasteiger partial charge in [-0.1, -0.05) is 11.6 Å². The van der Waals surface area contributed by atoms with Crippen LogP contribution < -0.4 is 0 Å². The third-order valence-electron chi connectivity index (χ3n) is 2.26. The van der Waals surface area contributed by atoms with E-state index in [0.29, 0.717) is 10.8 Å². The van der Waals surface area contributed by atoms with Gasteiger partial charge in [0.15, 0.2) is 0 Å². The van der Waals surface area contributed by atoms with E-state index in [1.54, 1.807) is 17.8 Å². The smallest absolute Gasteiger partial charge is 0.354 e. The lowest BCUT2D eigenvalue weighted by molar-refractivity contribution is 0.0690. The number of carboxylic acid groups (broad SMARTS) is 1. The summed E-state index contributed by atoms with van der Waals surface area (Å²) in [6.45, 7) is 0. The molecule has 0 fully saturated rings. The Labute approximate surface area is 114 Å². The maximum atomic E-state index is 10.8. The van der Waals surface area contributed by atoms with Gasteiger partial charge >= 0.3 is 5.97 Å². The maximum absolute atomic E-state index is 10.8. The van der Waals surface area contributed by atoms with Crippen molar-refractivity contribution in [1.29, 1.82) is 0 Å². The second-order valence-electron chi connectivity index (χ2n) is 3.60. The van der Waals surface area contributed by atoms with E-state index in [2.05, 4.69) is 4.98 Å². The van der Waals surface area contributed by atoms with Crippen molar-refractivity contribution in [3.05, 3.63) is 58.9 Å². The van der Waals surface area contributed by atoms with Gasteiger partial charge in [0.2, 0.25) is 0 Å². The summed E-state index contributed by atoms with van der Waals surface area (Å²) in [6, 6.07) is 10.9. The zero-order valence-corrected chi connectivity index (χ0v) is 10.9. The fraction of sp³-hybridized carbons (Fsp3) is 0.0769. The van der Waals surface area contributed by atoms with Gasteiger partial charge in [0.1, 0.15) is 5.69 Å². The molecule has 2 aromatic rings. The van der Waals surface area contributed by atoms with Crippen LogP contribution in [0.15, 0.2) is 47.5 Å². The molecular formula is C13H10ClNO2S. The average Bonchev–Trinajstić information content (AvgIpc) is 2.38. The minimum Gasteiger partial charge on any atom is -0.477 e. The summed E-state index contributed by atoms with van der Waals surface area (Å²) < 4.78 is 0. The Hall–Kier alpha value is -1.52. The van der Waals surface area contributed by atoms with Gasteiger partial charge in [0, 0.05) is 21.9 Å². The zero-order chi connectivity index (χ0) is 13.0. The third kappa shape index (κ3) is 3.48. The molecule has 0 unspecified atom stereocenters. The molecule has 1 aromatic carbocycles. The number of halogens is 1. The number of aromatic nitrogens is 1. The molecule has 0 spiro atoms. The maximum Gasteiger partial charge on any atom is 0.354 e. The van der Waals surface area contributed by atoms with Crippen LogP contribution in [0.3, 0.4) is 0 Å². The van der Waals surface area contributed by atoms with Crippen molar-refractivity contribution in [2.45, 2.75) is 10.6 Å². The molecule has 92 valence electrons. The summed E-state index contributed by atoms with van der Waals surface area (Å²) in [5, 5.41) is 9.55. The number of hydrogen-bond donors (Lipinski definition) is 1. The van der Waals surface area contributed by atoms with Crippen LogP contribution in [0.1, 0.15) is 16.1 Å². The summed E-state index contributed by atoms with van der Waals surface area (Å²) in [7, 11) is 0. The summed E-state index contributed by atoms with van der Waals surface area (Å²) in [4.78, 5) is 15.7. The van der Waals surface area contributed by atoms with Crippen molar-refractivity contribution in [3.63, 3.8) is 0 Å². The van der Waals surface area contributed by atoms with Crippen molar-refractivity contribution in [2.75, 3.05) is 0 Å². The molecule has 0 aliphatic carbocycles. The molecule has 2 rings (SSSR count). The van der Waals surface area contributed by atoms with Crippen molar-refractivity contribution in [1.82, 2.24) is 4.98 Å². The van der Waals surface area contributed by atoms with Gasteiger partial charge in [-0.15, -0.1) is 11.8 Å². The molecule has 0 bridgehead atoms. The number of carbonyl (C=O) groups is 1. The monoisotopic (exact) mass is 279 g/mol. The molecule has 1 heterocycles. The van der Waals surface area contributed by atoms with Crippen LogP contribution in [0.4, 0.5) is 0 Å². The molecule has 0 saturated heterocycles. The fourth-order valence-corrected chi connectivity index (χ4v) is 2.35. The molecule has 0 aliphatic rings. The lowest BCUT2D eigenvalue weighted by Gasteiger charge is -2.03. The fourth-order valence-electron chi connectivity index (χ4n) is 1.38. The Bertz CT molecular complexity index is 557. The SMILES string of the molecule is O=C(O)c1cc(CSc2ccc(Cl)cc2)ccn1. The van der Waals surface area contributed by atoms with Gasteiger partial charge in [-0.25, -0.2) is 9.78 Å². The van der Waals surface area contributed by atoms with E-state index in [-0.39, 0.29) is 5.69 Å². The number of rotatable bonds is 4. The lowest BCUT2D eigenvalue weighted by Crippen LogP contribution is -2.00. The van der Waals surface area contributed by atoms with E-state index in [1.165, 1.54) is 6.20 Å². The summed E-state index contributed by atoms with van der Waals surface area (Å²) in [6.07, 6.45) is 1.52. The first-order valence-electron chi connectivity index (χ1n) is 5.22. The molecule has 5 heteroatoms. The number of pyridine rings is 1. The van der Waals surface area contributed by atoms with Crippen LogP contribution in [0, 0.1) is 0 Å². The number of hydrogen-bond acceptors (Lipinski definition) is 3. The van der Waals surface area contributed by atoms with Crippen molar-refractivity contribution < 1.29 is 9.90 Å². The molecule has 0 atom stereocenters. The van der Waals surface area contributed by atoms with E-state index in [0.717, 1.165) is 10.5 Å². The first-order valence-corrected chi connectivity index (χ1v) is 6.58. The largest absolute Gasteiger partial charge is 0.477 e. The predicted octanol–water partition coefficient (Wildman–Crippen LogP) is 3.73. The second kappa shape index (κ2) is 5.89. The van der Waals surface area contributed by atoms with Crippen LogP contribution >= 0.6 is 23.4 Å². The average molecular weight is 280 g/mol. The van der Waals surface area contributed by atoms with Crippen molar-refractivity contribution in [2.24, 2.45) is 0 Å². The number of aromatic carboxylic acids is 1. The first-order chi connectivity index (χ1) is 8.65. The summed E-state index contributed by atoms with van der Waals surface area (Å²) in [5.74, 6) is -0.307. The standard InChI is InChI=1S/C13H10ClNO2S/c14-10-1-3-11(4-2-10)18-8-9-5-6-15-12(7-9)13(16)17/h1-7H,8H2,(H,16,17). The Morgan fingerprint density at radius 1 is 1.28 bits per heavy atom. The predicted molar refractivity (Wildman–Crippen MR) is 72.2 cm³/mol. The van der Waals surface area contributed by atoms with Gasteiger partial charge in [-0.3, -0.25) is 0 Å². The summed E-state index contributed by atoms with van der Waals surface area (Å²) >= 11 is 7.42. The molecule has 0 aliphatic heterocycles. The minimum atomic E-state index is -1.01. The molecule has 0 saturated carbocycles. The Morgan fingerprint density at radius 2 is 2.00 bits per heavy atom. The quantitative estimate of drug-likeness (QED) is 0.867. The molecule has 0 amide bonds. The molecule has 3 nitrogen and oxygen atoms in total. The molecule has 1 aromatic heterocycles. The molecule has 0 radical (unpaired) electrons. The number of benzene rings is 1. The zero-order valence-electron chi connectivity index (χ0n) is 9.34. The molecule has 18 heavy (non-hydrogen) atoms. The van der Waals surface area contributed by atoms with Crippen LogP contribution in [0.2, 0.25) is 5.02 Å². The van der Waals surface area contributed by atoms with Gasteiger partial charge in [-0.2, -0.15) is 0 Å². The van der Waals surface area contributed by atoms with E-state index < -0.39 is 5.97 Å². The van der Waals surface area contributed by atoms with Crippen molar-refractivity contribution in [3.8, 4) is 0 Å². The van der Waals surface area contributed by atoms with E-state index in [1.807, 2.05) is 30.3 Å². The number of thioether (sulfide) groups is 1. The number of carboxylic acids is 1. The van der Waals surface area contributed by atoms with Crippen molar-refractivity contribution >= 4 is 29.3 Å². The first kappa shape index (κ1) is 12.9. The van der Waals surface area contributed by atoms with Gasteiger partial charge in [0.05, 0.1) is 0 Å². The lowest BCUT2D eigenvalue weighted by atomic mass is 10.2. The van der Waals surface area contributed by atoms with Crippen LogP contribution in [0.25, 0.3) is 0 Å². The van der Waals surface area contributed by atoms with Gasteiger partial charge in [0.25, 0.3) is 0 Å². The third-order valence-corrected chi connectivity index (χ3v) is 3.60. The topological polar surface area (TPSA) is 50.2 Å². The van der Waals surface area contributed by atoms with Gasteiger partial charge in [-0.05, 0) is 42.0 Å². The summed E-state index contributed by atoms with van der Waals surface area (Å²) in [5.41, 5.74) is 1.01. The van der Waals surface area contributed by atoms with Gasteiger partial charge < -0.3 is 5.11 Å². The second-order valence-corrected chi connectivity index (χ2v) is 5.08. The Balaban J connectivity index is 2.04. The van der Waals surface area contributed by atoms with E-state index in [9.17, 15) is 4.79 Å². The Morgan fingerprint density at radius 3 is 2.67 bits per heavy atom. The normalized spacial score (nSPS) is 10.3. The van der Waals surface area contributed by atoms with Crippen LogP contribution in [-0.4, -0.2) is 16.1 Å². The Kier molecular flexibility index (Phi) is 4.23. The van der Waals surface area contributed by atoms with E-state index >= 15 is 0 Å². The highest BCUT2D eigenvalue weighted by Gasteiger charge is 2.05. The molecular weight excluding hydrogens is 270 g/mol. The van der Waals surface area contributed by atoms with E-state index in [4.69, 9.17) is 16.7 Å². The van der Waals surface area contributed by atoms with Crippen LogP contribution in [-0.2, 0) is 5.75 Å². The highest BCUT2D eigenvalue weighted by atomic mass is 35.5. The highest BCUT2D eigenvalue weighted by molar-refractivity contribution is 7.98. The van der Waals surface area contributed by atoms with Crippen LogP contribution in [0.5, 0.6) is 0 Å². The molecule has 1 N–H and O–H groups in total.